The molecule has 0 bridgehead atoms. The fourth-order valence-electron chi connectivity index (χ4n) is 3.65. The summed E-state index contributed by atoms with van der Waals surface area (Å²) in [5.74, 6) is 0.334. The van der Waals surface area contributed by atoms with E-state index in [1.165, 1.54) is 0 Å². The number of halogens is 4. The summed E-state index contributed by atoms with van der Waals surface area (Å²) in [6.45, 7) is 2.42. The zero-order valence-electron chi connectivity index (χ0n) is 15.1. The van der Waals surface area contributed by atoms with Gasteiger partial charge in [0.05, 0.1) is 16.7 Å². The molecule has 0 radical (unpaired) electrons. The number of piperidine rings is 1. The number of alkyl halides is 3. The average Bonchev–Trinajstić information content (AvgIpc) is 3.13. The van der Waals surface area contributed by atoms with Crippen molar-refractivity contribution in [3.63, 3.8) is 0 Å². The second-order valence-corrected chi connectivity index (χ2v) is 7.55. The van der Waals surface area contributed by atoms with Crippen molar-refractivity contribution in [3.05, 3.63) is 22.8 Å². The first-order valence-corrected chi connectivity index (χ1v) is 9.48. The highest BCUT2D eigenvalue weighted by atomic mass is 35.5. The minimum Gasteiger partial charge on any atom is -0.376 e. The molecule has 2 fully saturated rings. The molecule has 9 heteroatoms. The molecule has 0 spiro atoms. The summed E-state index contributed by atoms with van der Waals surface area (Å²) < 4.78 is 43.8. The zero-order chi connectivity index (χ0) is 19.6. The number of amides is 1. The van der Waals surface area contributed by atoms with E-state index in [0.717, 1.165) is 31.7 Å². The molecule has 5 nitrogen and oxygen atoms in total. The van der Waals surface area contributed by atoms with E-state index in [9.17, 15) is 18.0 Å². The molecule has 27 heavy (non-hydrogen) atoms. The summed E-state index contributed by atoms with van der Waals surface area (Å²) in [6.07, 6.45) is -0.299. The normalized spacial score (nSPS) is 21.5. The number of carbonyl (C=O) groups is 1. The lowest BCUT2D eigenvalue weighted by molar-refractivity contribution is -0.138. The Bertz CT molecular complexity index is 672. The SMILES string of the molecule is CN(CC1CCCO1)C(=O)C1CCN(c2ncc(C(F)(F)F)cc2Cl)CC1. The lowest BCUT2D eigenvalue weighted by Gasteiger charge is -2.34. The monoisotopic (exact) mass is 405 g/mol. The van der Waals surface area contributed by atoms with Gasteiger partial charge in [-0.05, 0) is 31.7 Å². The molecule has 3 rings (SSSR count). The van der Waals surface area contributed by atoms with Crippen molar-refractivity contribution < 1.29 is 22.7 Å². The molecule has 1 atom stereocenters. The van der Waals surface area contributed by atoms with Gasteiger partial charge >= 0.3 is 6.18 Å². The lowest BCUT2D eigenvalue weighted by Crippen LogP contribution is -2.43. The van der Waals surface area contributed by atoms with Gasteiger partial charge in [-0.25, -0.2) is 4.98 Å². The predicted octanol–water partition coefficient (Wildman–Crippen LogP) is 3.61. The fourth-order valence-corrected chi connectivity index (χ4v) is 3.94. The summed E-state index contributed by atoms with van der Waals surface area (Å²) in [7, 11) is 1.80. The Morgan fingerprint density at radius 3 is 2.63 bits per heavy atom. The number of hydrogen-bond donors (Lipinski definition) is 0. The second-order valence-electron chi connectivity index (χ2n) is 7.14. The number of likely N-dealkylation sites (N-methyl/N-ethyl adjacent to an activating group) is 1. The molecule has 0 aliphatic carbocycles. The minimum atomic E-state index is -4.47. The first kappa shape index (κ1) is 20.2. The van der Waals surface area contributed by atoms with Crippen LogP contribution in [0.2, 0.25) is 5.02 Å². The van der Waals surface area contributed by atoms with Crippen LogP contribution in [0.5, 0.6) is 0 Å². The maximum absolute atomic E-state index is 12.7. The summed E-state index contributed by atoms with van der Waals surface area (Å²) in [4.78, 5) is 20.1. The maximum atomic E-state index is 12.7. The molecule has 1 amide bonds. The summed E-state index contributed by atoms with van der Waals surface area (Å²) >= 11 is 6.02. The Labute approximate surface area is 161 Å². The van der Waals surface area contributed by atoms with Crippen LogP contribution < -0.4 is 4.90 Å². The summed E-state index contributed by atoms with van der Waals surface area (Å²) in [5, 5.41) is -0.0231. The van der Waals surface area contributed by atoms with Gasteiger partial charge in [0.2, 0.25) is 5.91 Å². The molecule has 2 aliphatic rings. The van der Waals surface area contributed by atoms with Gasteiger partial charge in [-0.3, -0.25) is 4.79 Å². The molecule has 3 heterocycles. The summed E-state index contributed by atoms with van der Waals surface area (Å²) in [6, 6.07) is 0.899. The van der Waals surface area contributed by atoms with Crippen LogP contribution in [0.25, 0.3) is 0 Å². The van der Waals surface area contributed by atoms with Crippen molar-refractivity contribution in [1.82, 2.24) is 9.88 Å². The van der Waals surface area contributed by atoms with Crippen LogP contribution in [0.15, 0.2) is 12.3 Å². The van der Waals surface area contributed by atoms with E-state index < -0.39 is 11.7 Å². The van der Waals surface area contributed by atoms with E-state index in [-0.39, 0.29) is 23.0 Å². The lowest BCUT2D eigenvalue weighted by atomic mass is 9.95. The van der Waals surface area contributed by atoms with Gasteiger partial charge in [0.25, 0.3) is 0 Å². The molecule has 1 aromatic rings. The van der Waals surface area contributed by atoms with Crippen molar-refractivity contribution in [2.45, 2.75) is 38.0 Å². The number of aromatic nitrogens is 1. The number of rotatable bonds is 4. The van der Waals surface area contributed by atoms with Crippen LogP contribution in [-0.4, -0.2) is 55.2 Å². The van der Waals surface area contributed by atoms with Gasteiger partial charge in [-0.2, -0.15) is 13.2 Å². The van der Waals surface area contributed by atoms with Crippen LogP contribution in [0.3, 0.4) is 0 Å². The van der Waals surface area contributed by atoms with Crippen LogP contribution >= 0.6 is 11.6 Å². The van der Waals surface area contributed by atoms with E-state index in [1.54, 1.807) is 11.9 Å². The summed E-state index contributed by atoms with van der Waals surface area (Å²) in [5.41, 5.74) is -0.864. The quantitative estimate of drug-likeness (QED) is 0.767. The minimum absolute atomic E-state index is 0.0231. The topological polar surface area (TPSA) is 45.7 Å². The first-order chi connectivity index (χ1) is 12.8. The maximum Gasteiger partial charge on any atom is 0.417 e. The Kier molecular flexibility index (Phi) is 6.15. The highest BCUT2D eigenvalue weighted by molar-refractivity contribution is 6.33. The molecule has 150 valence electrons. The number of carbonyl (C=O) groups excluding carboxylic acids is 1. The van der Waals surface area contributed by atoms with E-state index >= 15 is 0 Å². The third-order valence-corrected chi connectivity index (χ3v) is 5.45. The van der Waals surface area contributed by atoms with Crippen molar-refractivity contribution in [2.75, 3.05) is 38.2 Å². The molecule has 0 saturated carbocycles. The largest absolute Gasteiger partial charge is 0.417 e. The molecule has 2 aliphatic heterocycles. The number of anilines is 1. The molecular weight excluding hydrogens is 383 g/mol. The van der Waals surface area contributed by atoms with E-state index in [2.05, 4.69) is 4.98 Å². The Hall–Kier alpha value is -1.54. The van der Waals surface area contributed by atoms with Crippen LogP contribution in [0, 0.1) is 5.92 Å². The highest BCUT2D eigenvalue weighted by Crippen LogP contribution is 2.34. The van der Waals surface area contributed by atoms with Crippen LogP contribution in [-0.2, 0) is 15.7 Å². The Balaban J connectivity index is 1.56. The van der Waals surface area contributed by atoms with Crippen molar-refractivity contribution in [2.24, 2.45) is 5.92 Å². The highest BCUT2D eigenvalue weighted by Gasteiger charge is 2.33. The van der Waals surface area contributed by atoms with Gasteiger partial charge in [0, 0.05) is 45.4 Å². The van der Waals surface area contributed by atoms with Gasteiger partial charge in [0.1, 0.15) is 5.82 Å². The molecule has 1 aromatic heterocycles. The molecular formula is C18H23ClF3N3O2. The predicted molar refractivity (Wildman–Crippen MR) is 95.8 cm³/mol. The Morgan fingerprint density at radius 2 is 2.07 bits per heavy atom. The van der Waals surface area contributed by atoms with Gasteiger partial charge < -0.3 is 14.5 Å². The standard InChI is InChI=1S/C18H23ClF3N3O2/c1-24(11-14-3-2-8-27-14)17(26)12-4-6-25(7-5-12)16-15(19)9-13(10-23-16)18(20,21)22/h9-10,12,14H,2-8,11H2,1H3. The molecule has 0 N–H and O–H groups in total. The van der Waals surface area contributed by atoms with E-state index in [0.29, 0.717) is 38.3 Å². The van der Waals surface area contributed by atoms with Crippen molar-refractivity contribution in [1.29, 1.82) is 0 Å². The first-order valence-electron chi connectivity index (χ1n) is 9.10. The number of nitrogens with zero attached hydrogens (tertiary/aromatic N) is 3. The van der Waals surface area contributed by atoms with Gasteiger partial charge in [-0.1, -0.05) is 11.6 Å². The smallest absolute Gasteiger partial charge is 0.376 e. The van der Waals surface area contributed by atoms with Gasteiger partial charge in [-0.15, -0.1) is 0 Å². The number of hydrogen-bond acceptors (Lipinski definition) is 4. The van der Waals surface area contributed by atoms with E-state index in [1.807, 2.05) is 4.90 Å². The van der Waals surface area contributed by atoms with Crippen molar-refractivity contribution in [3.8, 4) is 0 Å². The van der Waals surface area contributed by atoms with Crippen LogP contribution in [0.4, 0.5) is 19.0 Å². The number of pyridine rings is 1. The van der Waals surface area contributed by atoms with Crippen molar-refractivity contribution >= 4 is 23.3 Å². The van der Waals surface area contributed by atoms with Crippen LogP contribution in [0.1, 0.15) is 31.2 Å². The van der Waals surface area contributed by atoms with Gasteiger partial charge in [0.15, 0.2) is 0 Å². The second kappa shape index (κ2) is 8.22. The third kappa shape index (κ3) is 4.85. The fraction of sp³-hybridized carbons (Fsp3) is 0.667. The van der Waals surface area contributed by atoms with E-state index in [4.69, 9.17) is 16.3 Å². The zero-order valence-corrected chi connectivity index (χ0v) is 15.9. The third-order valence-electron chi connectivity index (χ3n) is 5.17. The Morgan fingerprint density at radius 1 is 1.37 bits per heavy atom. The average molecular weight is 406 g/mol. The number of ether oxygens (including phenoxy) is 1. The molecule has 0 aromatic carbocycles. The molecule has 1 unspecified atom stereocenters. The molecule has 2 saturated heterocycles.